The minimum absolute atomic E-state index is 0.0556. The molecule has 0 aliphatic carbocycles. The van der Waals surface area contributed by atoms with Gasteiger partial charge in [0.15, 0.2) is 0 Å². The van der Waals surface area contributed by atoms with E-state index in [1.807, 2.05) is 0 Å². The molecule has 0 aromatic rings. The molecule has 2 radical (unpaired) electrons. The molecule has 0 amide bonds. The molecule has 0 saturated heterocycles. The summed E-state index contributed by atoms with van der Waals surface area (Å²) in [7, 11) is 0. The molecule has 0 aliphatic rings. The molecule has 2 nitrogen and oxygen atoms in total. The fourth-order valence-corrected chi connectivity index (χ4v) is 0. The van der Waals surface area contributed by atoms with Crippen molar-refractivity contribution in [2.45, 2.75) is 0 Å². The number of hydrogen-bond donors (Lipinski definition) is 0. The van der Waals surface area contributed by atoms with Crippen molar-refractivity contribution in [3.05, 3.63) is 0 Å². The van der Waals surface area contributed by atoms with Gasteiger partial charge in [-0.25, -0.2) is 0 Å². The van der Waals surface area contributed by atoms with Crippen molar-refractivity contribution in [3.63, 3.8) is 0 Å². The van der Waals surface area contributed by atoms with E-state index in [2.05, 4.69) is 0 Å². The summed E-state index contributed by atoms with van der Waals surface area (Å²) >= 11 is 1.76. The van der Waals surface area contributed by atoms with Gasteiger partial charge in [-0.1, -0.05) is 0 Å². The van der Waals surface area contributed by atoms with E-state index in [0.717, 1.165) is 0 Å². The third-order valence-corrected chi connectivity index (χ3v) is 0. The van der Waals surface area contributed by atoms with Crippen molar-refractivity contribution >= 4 is 25.8 Å². The van der Waals surface area contributed by atoms with Crippen LogP contribution in [-0.4, -0.2) is 25.8 Å². The maximum atomic E-state index is 8.39. The molecule has 0 aromatic carbocycles. The molecule has 0 heterocycles. The molecule has 0 rings (SSSR count). The van der Waals surface area contributed by atoms with Crippen LogP contribution in [0.4, 0.5) is 0 Å². The summed E-state index contributed by atoms with van der Waals surface area (Å²) in [5, 5.41) is 0. The molecule has 0 spiro atoms. The summed E-state index contributed by atoms with van der Waals surface area (Å²) in [5.41, 5.74) is 0. The Morgan fingerprint density at radius 1 is 1.25 bits per heavy atom. The van der Waals surface area contributed by atoms with Crippen LogP contribution in [0.3, 0.4) is 0 Å². The van der Waals surface area contributed by atoms with E-state index in [0.29, 0.717) is 0 Å². The van der Waals surface area contributed by atoms with E-state index in [1.54, 1.807) is 21.0 Å². The first-order valence-corrected chi connectivity index (χ1v) is 2.52. The molecule has 4 heavy (non-hydrogen) atoms. The molecule has 0 bridgehead atoms. The zero-order chi connectivity index (χ0) is 4.00. The summed E-state index contributed by atoms with van der Waals surface area (Å²) in [6.07, 6.45) is 0. The second-order valence-corrected chi connectivity index (χ2v) is 0. The molecule has 0 saturated carbocycles. The van der Waals surface area contributed by atoms with Crippen LogP contribution in [0.25, 0.3) is 0 Å². The van der Waals surface area contributed by atoms with Crippen molar-refractivity contribution in [1.82, 2.24) is 0 Å². The minimum atomic E-state index is 0.0556. The summed E-state index contributed by atoms with van der Waals surface area (Å²) < 4.78 is 16.4. The Labute approximate surface area is 52.4 Å². The number of rotatable bonds is 0. The predicted octanol–water partition coefficient (Wildman–Crippen LogP) is -0.621. The van der Waals surface area contributed by atoms with Crippen molar-refractivity contribution in [3.8, 4) is 0 Å². The molecule has 0 atom stereocenters. The van der Waals surface area contributed by atoms with Crippen LogP contribution < -0.4 is 0 Å². The number of hydrogen-bond acceptors (Lipinski definition) is 2. The summed E-state index contributed by atoms with van der Waals surface area (Å²) in [5.74, 6) is 0. The van der Waals surface area contributed by atoms with Gasteiger partial charge in [-0.15, -0.1) is 0 Å². The monoisotopic (exact) mass is 347 g/mol. The zero-order valence-corrected chi connectivity index (χ0v) is 6.99. The Morgan fingerprint density at radius 3 is 1.25 bits per heavy atom. The Bertz CT molecular complexity index is 8.00. The van der Waals surface area contributed by atoms with Gasteiger partial charge in [-0.05, 0) is 0 Å². The van der Waals surface area contributed by atoms with E-state index in [4.69, 9.17) is 5.94 Å². The van der Waals surface area contributed by atoms with Gasteiger partial charge >= 0.3 is 52.8 Å². The average Bonchev–Trinajstić information content (AvgIpc) is 1.50. The molecule has 4 heteroatoms. The van der Waals surface area contributed by atoms with E-state index < -0.39 is 0 Å². The quantitative estimate of drug-likeness (QED) is 0.548. The molecule has 0 fully saturated rings. The van der Waals surface area contributed by atoms with Crippen LogP contribution in [0, 0.1) is 0 Å². The van der Waals surface area contributed by atoms with Crippen LogP contribution in [-0.2, 0) is 27.0 Å². The van der Waals surface area contributed by atoms with Crippen molar-refractivity contribution in [1.29, 1.82) is 0 Å². The van der Waals surface area contributed by atoms with E-state index >= 15 is 0 Å². The van der Waals surface area contributed by atoms with Crippen LogP contribution >= 0.6 is 0 Å². The molecular formula is AgO2Pb. The molecule has 0 aromatic heterocycles. The van der Waals surface area contributed by atoms with Gasteiger partial charge in [-0.2, -0.15) is 0 Å². The first-order valence-electron chi connectivity index (χ1n) is 0.327. The second-order valence-electron chi connectivity index (χ2n) is 0. The molecule has 0 N–H and O–H groups in total. The van der Waals surface area contributed by atoms with E-state index in [1.165, 1.54) is 0 Å². The third kappa shape index (κ3) is 10.5. The average molecular weight is 347 g/mol. The molecular weight excluding hydrogens is 347 g/mol. The van der Waals surface area contributed by atoms with Gasteiger partial charge in [0.05, 0.1) is 0 Å². The van der Waals surface area contributed by atoms with Crippen molar-refractivity contribution in [2.75, 3.05) is 0 Å². The Morgan fingerprint density at radius 2 is 1.25 bits per heavy atom. The van der Waals surface area contributed by atoms with E-state index in [-0.39, 0.29) is 25.8 Å². The molecule has 27 valence electrons. The van der Waals surface area contributed by atoms with Crippen LogP contribution in [0.1, 0.15) is 0 Å². The Kier molecular flexibility index (Phi) is 63.9. The summed E-state index contributed by atoms with van der Waals surface area (Å²) in [6.45, 7) is 0. The summed E-state index contributed by atoms with van der Waals surface area (Å²) in [6, 6.07) is 0. The Hall–Kier alpha value is 1.26. The summed E-state index contributed by atoms with van der Waals surface area (Å²) in [4.78, 5) is 0. The molecule has 0 unspecified atom stereocenters. The van der Waals surface area contributed by atoms with Crippen molar-refractivity contribution < 1.29 is 27.0 Å². The van der Waals surface area contributed by atoms with Crippen LogP contribution in [0.2, 0.25) is 0 Å². The van der Waals surface area contributed by atoms with E-state index in [9.17, 15) is 0 Å². The fourth-order valence-electron chi connectivity index (χ4n) is 0. The fraction of sp³-hybridized carbons (Fsp3) is 0. The Balaban J connectivity index is 0. The normalized spacial score (nSPS) is 2.50. The topological polar surface area (TPSA) is 34.1 Å². The van der Waals surface area contributed by atoms with Crippen molar-refractivity contribution in [2.24, 2.45) is 0 Å². The van der Waals surface area contributed by atoms with Gasteiger partial charge < -0.3 is 0 Å². The maximum absolute atomic E-state index is 8.39. The SMILES string of the molecule is [O]=[Ag].[O]=[Pb]. The van der Waals surface area contributed by atoms with Crippen LogP contribution in [0.15, 0.2) is 0 Å². The zero-order valence-electron chi connectivity index (χ0n) is 1.62. The van der Waals surface area contributed by atoms with Gasteiger partial charge in [0.2, 0.25) is 0 Å². The van der Waals surface area contributed by atoms with Gasteiger partial charge in [-0.3, -0.25) is 0 Å². The van der Waals surface area contributed by atoms with Crippen LogP contribution in [0.5, 0.6) is 0 Å². The standard InChI is InChI=1S/Ag.2O.Pb. The van der Waals surface area contributed by atoms with Gasteiger partial charge in [0.25, 0.3) is 0 Å². The first-order chi connectivity index (χ1) is 2.00. The second kappa shape index (κ2) is 28.5. The molecule has 0 aliphatic heterocycles. The predicted molar refractivity (Wildman–Crippen MR) is 7.13 cm³/mol. The third-order valence-electron chi connectivity index (χ3n) is 0. The van der Waals surface area contributed by atoms with Gasteiger partial charge in [0.1, 0.15) is 0 Å². The van der Waals surface area contributed by atoms with Gasteiger partial charge in [0, 0.05) is 0 Å². The first kappa shape index (κ1) is 8.98.